The minimum absolute atomic E-state index is 0.00832. The van der Waals surface area contributed by atoms with Crippen molar-refractivity contribution in [3.8, 4) is 11.6 Å². The molecule has 0 aliphatic heterocycles. The van der Waals surface area contributed by atoms with Crippen LogP contribution < -0.4 is 4.74 Å². The summed E-state index contributed by atoms with van der Waals surface area (Å²) in [5.41, 5.74) is 0.828. The lowest BCUT2D eigenvalue weighted by Crippen LogP contribution is -1.91. The van der Waals surface area contributed by atoms with Crippen LogP contribution in [0.1, 0.15) is 5.56 Å². The van der Waals surface area contributed by atoms with Crippen molar-refractivity contribution in [3.63, 3.8) is 0 Å². The lowest BCUT2D eigenvalue weighted by molar-refractivity contribution is 0.281. The summed E-state index contributed by atoms with van der Waals surface area (Å²) in [6.45, 7) is 0.00832. The Balaban J connectivity index is 1.97. The Morgan fingerprint density at radius 2 is 1.95 bits per heavy atom. The minimum atomic E-state index is 0.00832. The van der Waals surface area contributed by atoms with Gasteiger partial charge >= 0.3 is 0 Å². The summed E-state index contributed by atoms with van der Waals surface area (Å²) in [6.07, 6.45) is 0. The molecule has 3 aromatic rings. The van der Waals surface area contributed by atoms with Gasteiger partial charge in [0.25, 0.3) is 0 Å². The van der Waals surface area contributed by atoms with Crippen LogP contribution in [0.5, 0.6) is 11.6 Å². The Labute approximate surface area is 118 Å². The number of nitrogens with zero attached hydrogens (tertiary/aromatic N) is 2. The summed E-state index contributed by atoms with van der Waals surface area (Å²) >= 11 is 7.35. The summed E-state index contributed by atoms with van der Waals surface area (Å²) < 4.78 is 5.72. The second kappa shape index (κ2) is 5.13. The predicted octanol–water partition coefficient (Wildman–Crippen LogP) is 3.63. The molecule has 0 atom stereocenters. The van der Waals surface area contributed by atoms with Gasteiger partial charge in [-0.3, -0.25) is 0 Å². The van der Waals surface area contributed by atoms with Crippen LogP contribution in [0.4, 0.5) is 0 Å². The molecule has 0 bridgehead atoms. The first-order valence-corrected chi connectivity index (χ1v) is 6.80. The normalized spacial score (nSPS) is 10.8. The lowest BCUT2D eigenvalue weighted by Gasteiger charge is -2.06. The SMILES string of the molecule is OCc1ccc(Oc2nc(Cl)nc3sccc23)cc1. The number of halogens is 1. The highest BCUT2D eigenvalue weighted by atomic mass is 35.5. The number of hydrogen-bond acceptors (Lipinski definition) is 5. The number of hydrogen-bond donors (Lipinski definition) is 1. The van der Waals surface area contributed by atoms with Gasteiger partial charge in [-0.25, -0.2) is 4.98 Å². The summed E-state index contributed by atoms with van der Waals surface area (Å²) in [5.74, 6) is 1.08. The molecular formula is C13H9ClN2O2S. The molecule has 0 unspecified atom stereocenters. The maximum Gasteiger partial charge on any atom is 0.232 e. The molecule has 2 heterocycles. The number of aromatic nitrogens is 2. The van der Waals surface area contributed by atoms with Crippen molar-refractivity contribution in [1.82, 2.24) is 9.97 Å². The van der Waals surface area contributed by atoms with E-state index in [1.54, 1.807) is 24.3 Å². The average Bonchev–Trinajstić information content (AvgIpc) is 2.88. The van der Waals surface area contributed by atoms with Crippen molar-refractivity contribution in [1.29, 1.82) is 0 Å². The number of rotatable bonds is 3. The van der Waals surface area contributed by atoms with Crippen LogP contribution in [0.25, 0.3) is 10.2 Å². The molecule has 0 amide bonds. The quantitative estimate of drug-likeness (QED) is 0.749. The van der Waals surface area contributed by atoms with E-state index in [9.17, 15) is 0 Å². The van der Waals surface area contributed by atoms with Crippen LogP contribution in [0.2, 0.25) is 5.28 Å². The van der Waals surface area contributed by atoms with Crippen LogP contribution in [0.3, 0.4) is 0 Å². The smallest absolute Gasteiger partial charge is 0.232 e. The number of fused-ring (bicyclic) bond motifs is 1. The third-order valence-electron chi connectivity index (χ3n) is 2.58. The highest BCUT2D eigenvalue weighted by Crippen LogP contribution is 2.31. The molecule has 0 fully saturated rings. The molecule has 0 radical (unpaired) electrons. The summed E-state index contributed by atoms with van der Waals surface area (Å²) in [4.78, 5) is 9.02. The van der Waals surface area contributed by atoms with Crippen LogP contribution in [0.15, 0.2) is 35.7 Å². The molecule has 2 aromatic heterocycles. The van der Waals surface area contributed by atoms with E-state index < -0.39 is 0 Å². The van der Waals surface area contributed by atoms with Crippen molar-refractivity contribution in [3.05, 3.63) is 46.6 Å². The van der Waals surface area contributed by atoms with Crippen LogP contribution in [-0.2, 0) is 6.61 Å². The second-order valence-corrected chi connectivity index (χ2v) is 5.07. The molecule has 0 saturated heterocycles. The lowest BCUT2D eigenvalue weighted by atomic mass is 10.2. The van der Waals surface area contributed by atoms with Crippen LogP contribution in [-0.4, -0.2) is 15.1 Å². The summed E-state index contributed by atoms with van der Waals surface area (Å²) in [6, 6.07) is 9.04. The van der Waals surface area contributed by atoms with Crippen molar-refractivity contribution < 1.29 is 9.84 Å². The number of ether oxygens (including phenoxy) is 1. The molecule has 0 saturated carbocycles. The number of aliphatic hydroxyl groups excluding tert-OH is 1. The van der Waals surface area contributed by atoms with E-state index in [4.69, 9.17) is 21.4 Å². The Bertz CT molecular complexity index is 712. The van der Waals surface area contributed by atoms with E-state index in [-0.39, 0.29) is 11.9 Å². The third kappa shape index (κ3) is 2.53. The first-order valence-electron chi connectivity index (χ1n) is 5.54. The van der Waals surface area contributed by atoms with Gasteiger partial charge in [-0.15, -0.1) is 11.3 Å². The van der Waals surface area contributed by atoms with Gasteiger partial charge in [0.2, 0.25) is 11.2 Å². The average molecular weight is 293 g/mol. The fourth-order valence-electron chi connectivity index (χ4n) is 1.66. The zero-order chi connectivity index (χ0) is 13.2. The summed E-state index contributed by atoms with van der Waals surface area (Å²) in [5, 5.41) is 11.9. The van der Waals surface area contributed by atoms with E-state index in [0.717, 1.165) is 15.8 Å². The largest absolute Gasteiger partial charge is 0.438 e. The van der Waals surface area contributed by atoms with Crippen molar-refractivity contribution in [2.75, 3.05) is 0 Å². The predicted molar refractivity (Wildman–Crippen MR) is 74.9 cm³/mol. The zero-order valence-corrected chi connectivity index (χ0v) is 11.3. The molecule has 1 aromatic carbocycles. The van der Waals surface area contributed by atoms with Crippen molar-refractivity contribution >= 4 is 33.2 Å². The molecule has 0 aliphatic rings. The number of aliphatic hydroxyl groups is 1. The van der Waals surface area contributed by atoms with Crippen LogP contribution in [0, 0.1) is 0 Å². The maximum atomic E-state index is 8.99. The molecule has 0 spiro atoms. The fraction of sp³-hybridized carbons (Fsp3) is 0.0769. The molecule has 3 rings (SSSR count). The van der Waals surface area contributed by atoms with Gasteiger partial charge < -0.3 is 9.84 Å². The van der Waals surface area contributed by atoms with Gasteiger partial charge in [0.05, 0.1) is 12.0 Å². The maximum absolute atomic E-state index is 8.99. The Hall–Kier alpha value is -1.69. The number of benzene rings is 1. The van der Waals surface area contributed by atoms with E-state index in [1.807, 2.05) is 11.4 Å². The monoisotopic (exact) mass is 292 g/mol. The third-order valence-corrected chi connectivity index (χ3v) is 3.56. The number of thiophene rings is 1. The molecular weight excluding hydrogens is 284 g/mol. The Morgan fingerprint density at radius 1 is 1.16 bits per heavy atom. The second-order valence-electron chi connectivity index (χ2n) is 3.84. The van der Waals surface area contributed by atoms with E-state index in [2.05, 4.69) is 9.97 Å². The van der Waals surface area contributed by atoms with E-state index in [0.29, 0.717) is 11.6 Å². The van der Waals surface area contributed by atoms with Gasteiger partial charge in [-0.2, -0.15) is 4.98 Å². The zero-order valence-electron chi connectivity index (χ0n) is 9.71. The molecule has 19 heavy (non-hydrogen) atoms. The van der Waals surface area contributed by atoms with E-state index >= 15 is 0 Å². The first kappa shape index (κ1) is 12.3. The van der Waals surface area contributed by atoms with Gasteiger partial charge in [0, 0.05) is 0 Å². The van der Waals surface area contributed by atoms with Gasteiger partial charge in [0.1, 0.15) is 10.6 Å². The van der Waals surface area contributed by atoms with Gasteiger partial charge in [-0.1, -0.05) is 12.1 Å². The van der Waals surface area contributed by atoms with Crippen molar-refractivity contribution in [2.24, 2.45) is 0 Å². The highest BCUT2D eigenvalue weighted by molar-refractivity contribution is 7.16. The van der Waals surface area contributed by atoms with E-state index in [1.165, 1.54) is 11.3 Å². The standard InChI is InChI=1S/C13H9ClN2O2S/c14-13-15-11(10-5-6-19-12(10)16-13)18-9-3-1-8(7-17)2-4-9/h1-6,17H,7H2. The molecule has 4 nitrogen and oxygen atoms in total. The minimum Gasteiger partial charge on any atom is -0.438 e. The molecule has 1 N–H and O–H groups in total. The topological polar surface area (TPSA) is 55.2 Å². The van der Waals surface area contributed by atoms with Crippen molar-refractivity contribution in [2.45, 2.75) is 6.61 Å². The highest BCUT2D eigenvalue weighted by Gasteiger charge is 2.09. The molecule has 6 heteroatoms. The molecule has 0 aliphatic carbocycles. The Morgan fingerprint density at radius 3 is 2.68 bits per heavy atom. The summed E-state index contributed by atoms with van der Waals surface area (Å²) in [7, 11) is 0. The fourth-order valence-corrected chi connectivity index (χ4v) is 2.62. The van der Waals surface area contributed by atoms with Gasteiger partial charge in [0.15, 0.2) is 0 Å². The first-order chi connectivity index (χ1) is 9.26. The van der Waals surface area contributed by atoms with Crippen LogP contribution >= 0.6 is 22.9 Å². The van der Waals surface area contributed by atoms with Gasteiger partial charge in [-0.05, 0) is 40.7 Å². The Kier molecular flexibility index (Phi) is 3.33. The molecule has 96 valence electrons.